The lowest BCUT2D eigenvalue weighted by Gasteiger charge is -2.28. The van der Waals surface area contributed by atoms with Gasteiger partial charge in [0.2, 0.25) is 11.8 Å². The van der Waals surface area contributed by atoms with Crippen LogP contribution < -0.4 is 5.32 Å². The summed E-state index contributed by atoms with van der Waals surface area (Å²) in [5.74, 6) is -0.915. The molecule has 3 amide bonds. The average Bonchev–Trinajstić information content (AvgIpc) is 2.69. The van der Waals surface area contributed by atoms with Crippen LogP contribution in [0.15, 0.2) is 48.6 Å². The predicted octanol–water partition coefficient (Wildman–Crippen LogP) is 0.859. The minimum atomic E-state index is -0.593. The fourth-order valence-electron chi connectivity index (χ4n) is 2.44. The second-order valence-electron chi connectivity index (χ2n) is 4.64. The van der Waals surface area contributed by atoms with E-state index in [1.165, 1.54) is 11.0 Å². The Balaban J connectivity index is 2.28. The molecule has 5 heteroatoms. The van der Waals surface area contributed by atoms with Crippen LogP contribution in [0.1, 0.15) is 12.8 Å². The van der Waals surface area contributed by atoms with Crippen LogP contribution in [-0.4, -0.2) is 35.2 Å². The quantitative estimate of drug-likeness (QED) is 0.612. The Morgan fingerprint density at radius 1 is 1.15 bits per heavy atom. The van der Waals surface area contributed by atoms with E-state index < -0.39 is 11.9 Å². The number of carbonyl (C=O) groups is 3. The fourth-order valence-corrected chi connectivity index (χ4v) is 2.44. The van der Waals surface area contributed by atoms with Gasteiger partial charge >= 0.3 is 0 Å². The number of likely N-dealkylation sites (tertiary alicyclic amines) is 1. The molecule has 1 N–H and O–H groups in total. The molecule has 1 unspecified atom stereocenters. The Kier molecular flexibility index (Phi) is 3.98. The van der Waals surface area contributed by atoms with Crippen LogP contribution in [0.5, 0.6) is 0 Å². The molecule has 2 heterocycles. The zero-order valence-corrected chi connectivity index (χ0v) is 11.1. The van der Waals surface area contributed by atoms with E-state index in [1.807, 2.05) is 0 Å². The summed E-state index contributed by atoms with van der Waals surface area (Å²) >= 11 is 0. The summed E-state index contributed by atoms with van der Waals surface area (Å²) in [6.45, 7) is 7.56. The van der Waals surface area contributed by atoms with Crippen molar-refractivity contribution in [2.45, 2.75) is 18.9 Å². The minimum absolute atomic E-state index is 0.215. The summed E-state index contributed by atoms with van der Waals surface area (Å²) in [5.41, 5.74) is 1.32. The molecule has 2 fully saturated rings. The molecule has 0 aliphatic carbocycles. The number of piperidine rings is 1. The van der Waals surface area contributed by atoms with Gasteiger partial charge in [0.15, 0.2) is 0 Å². The molecule has 0 aromatic rings. The number of imide groups is 1. The zero-order valence-electron chi connectivity index (χ0n) is 11.1. The van der Waals surface area contributed by atoms with Crippen LogP contribution in [0.3, 0.4) is 0 Å². The number of nitrogens with one attached hydrogen (secondary N) is 1. The molecule has 0 spiro atoms. The number of amides is 3. The van der Waals surface area contributed by atoms with Crippen LogP contribution >= 0.6 is 0 Å². The Bertz CT molecular complexity index is 557. The Morgan fingerprint density at radius 3 is 2.45 bits per heavy atom. The highest BCUT2D eigenvalue weighted by Crippen LogP contribution is 2.28. The lowest BCUT2D eigenvalue weighted by atomic mass is 10.0. The number of hydrogen-bond donors (Lipinski definition) is 1. The van der Waals surface area contributed by atoms with E-state index in [1.54, 1.807) is 18.2 Å². The number of carbonyl (C=O) groups excluding carboxylic acids is 3. The van der Waals surface area contributed by atoms with Crippen molar-refractivity contribution in [3.63, 3.8) is 0 Å². The number of allylic oxidation sites excluding steroid dienone is 4. The molecule has 2 rings (SSSR count). The van der Waals surface area contributed by atoms with Crippen molar-refractivity contribution in [3.05, 3.63) is 48.6 Å². The molecule has 1 atom stereocenters. The Labute approximate surface area is 117 Å². The average molecular weight is 272 g/mol. The summed E-state index contributed by atoms with van der Waals surface area (Å²) < 4.78 is 0. The smallest absolute Gasteiger partial charge is 0.255 e. The van der Waals surface area contributed by atoms with E-state index in [9.17, 15) is 14.4 Å². The third kappa shape index (κ3) is 2.47. The molecule has 0 saturated carbocycles. The number of hydrogen-bond acceptors (Lipinski definition) is 3. The van der Waals surface area contributed by atoms with E-state index in [4.69, 9.17) is 0 Å². The largest absolute Gasteiger partial charge is 0.322 e. The van der Waals surface area contributed by atoms with Gasteiger partial charge in [0.05, 0.1) is 0 Å². The van der Waals surface area contributed by atoms with Crippen LogP contribution in [0.2, 0.25) is 0 Å². The van der Waals surface area contributed by atoms with E-state index in [0.29, 0.717) is 18.5 Å². The van der Waals surface area contributed by atoms with Gasteiger partial charge in [-0.2, -0.15) is 0 Å². The molecule has 0 radical (unpaired) electrons. The van der Waals surface area contributed by atoms with Gasteiger partial charge in [0.1, 0.15) is 6.04 Å². The van der Waals surface area contributed by atoms with Crippen LogP contribution in [0.25, 0.3) is 0 Å². The Hall–Kier alpha value is -2.43. The maximum atomic E-state index is 12.4. The second kappa shape index (κ2) is 5.69. The fraction of sp³-hybridized carbons (Fsp3) is 0.267. The topological polar surface area (TPSA) is 66.5 Å². The highest BCUT2D eigenvalue weighted by molar-refractivity contribution is 6.07. The van der Waals surface area contributed by atoms with Gasteiger partial charge in [0.25, 0.3) is 5.91 Å². The summed E-state index contributed by atoms with van der Waals surface area (Å²) in [5, 5.41) is 2.27. The molecule has 2 aliphatic heterocycles. The van der Waals surface area contributed by atoms with Gasteiger partial charge in [-0.15, -0.1) is 0 Å². The van der Waals surface area contributed by atoms with Gasteiger partial charge in [0, 0.05) is 18.5 Å². The van der Waals surface area contributed by atoms with Crippen molar-refractivity contribution in [1.82, 2.24) is 10.2 Å². The van der Waals surface area contributed by atoms with Crippen molar-refractivity contribution in [3.8, 4) is 0 Å². The van der Waals surface area contributed by atoms with Crippen LogP contribution in [-0.2, 0) is 14.4 Å². The summed E-state index contributed by atoms with van der Waals surface area (Å²) in [6, 6.07) is -0.593. The molecule has 104 valence electrons. The highest BCUT2D eigenvalue weighted by atomic mass is 16.2. The first-order valence-electron chi connectivity index (χ1n) is 6.37. The monoisotopic (exact) mass is 272 g/mol. The first-order chi connectivity index (χ1) is 9.58. The standard InChI is InChI=1S/C15H16N2O3/c1-3-5-10-9-17(15(20)11(10)6-4-2)12-7-8-13(18)16-14(12)19/h3-6,12H,1-2,7-9H2,(H,16,18,19)/b10-5-,11-6+. The van der Waals surface area contributed by atoms with Crippen molar-refractivity contribution in [2.75, 3.05) is 6.54 Å². The van der Waals surface area contributed by atoms with Gasteiger partial charge in [-0.25, -0.2) is 0 Å². The van der Waals surface area contributed by atoms with Crippen molar-refractivity contribution in [2.24, 2.45) is 0 Å². The third-order valence-electron chi connectivity index (χ3n) is 3.37. The summed E-state index contributed by atoms with van der Waals surface area (Å²) in [7, 11) is 0. The maximum absolute atomic E-state index is 12.4. The molecular weight excluding hydrogens is 256 g/mol. The lowest BCUT2D eigenvalue weighted by Crippen LogP contribution is -2.52. The zero-order chi connectivity index (χ0) is 14.7. The second-order valence-corrected chi connectivity index (χ2v) is 4.64. The number of nitrogens with zero attached hydrogens (tertiary/aromatic N) is 1. The first-order valence-corrected chi connectivity index (χ1v) is 6.37. The highest BCUT2D eigenvalue weighted by Gasteiger charge is 2.40. The SMILES string of the molecule is C=C/C=C1/CN(C2CCC(=O)NC2=O)C(=O)/C1=C/C=C. The van der Waals surface area contributed by atoms with Crippen LogP contribution in [0, 0.1) is 0 Å². The molecular formula is C15H16N2O3. The lowest BCUT2D eigenvalue weighted by molar-refractivity contribution is -0.142. The van der Waals surface area contributed by atoms with Gasteiger partial charge in [-0.1, -0.05) is 31.4 Å². The summed E-state index contributed by atoms with van der Waals surface area (Å²) in [4.78, 5) is 36.9. The third-order valence-corrected chi connectivity index (χ3v) is 3.37. The molecule has 2 saturated heterocycles. The van der Waals surface area contributed by atoms with E-state index >= 15 is 0 Å². The van der Waals surface area contributed by atoms with E-state index in [0.717, 1.165) is 5.57 Å². The van der Waals surface area contributed by atoms with Gasteiger partial charge < -0.3 is 4.90 Å². The summed E-state index contributed by atoms with van der Waals surface area (Å²) in [6.07, 6.45) is 7.13. The molecule has 5 nitrogen and oxygen atoms in total. The maximum Gasteiger partial charge on any atom is 0.255 e. The van der Waals surface area contributed by atoms with Gasteiger partial charge in [-0.3, -0.25) is 19.7 Å². The molecule has 0 bridgehead atoms. The predicted molar refractivity (Wildman–Crippen MR) is 74.4 cm³/mol. The van der Waals surface area contributed by atoms with E-state index in [-0.39, 0.29) is 18.2 Å². The van der Waals surface area contributed by atoms with Crippen molar-refractivity contribution >= 4 is 17.7 Å². The van der Waals surface area contributed by atoms with E-state index in [2.05, 4.69) is 18.5 Å². The molecule has 0 aromatic carbocycles. The Morgan fingerprint density at radius 2 is 1.85 bits per heavy atom. The van der Waals surface area contributed by atoms with Crippen molar-refractivity contribution in [1.29, 1.82) is 0 Å². The number of rotatable bonds is 3. The molecule has 2 aliphatic rings. The molecule has 0 aromatic heterocycles. The van der Waals surface area contributed by atoms with Gasteiger partial charge in [-0.05, 0) is 18.1 Å². The van der Waals surface area contributed by atoms with Crippen LogP contribution in [0.4, 0.5) is 0 Å². The molecule has 20 heavy (non-hydrogen) atoms. The minimum Gasteiger partial charge on any atom is -0.322 e. The first kappa shape index (κ1) is 14.0. The normalized spacial score (nSPS) is 27.1. The van der Waals surface area contributed by atoms with Crippen molar-refractivity contribution < 1.29 is 14.4 Å².